The second-order valence-electron chi connectivity index (χ2n) is 6.02. The van der Waals surface area contributed by atoms with Crippen molar-refractivity contribution in [3.05, 3.63) is 92.4 Å². The number of carboxylic acids is 1. The van der Waals surface area contributed by atoms with Crippen LogP contribution in [0.5, 0.6) is 0 Å². The van der Waals surface area contributed by atoms with E-state index >= 15 is 0 Å². The van der Waals surface area contributed by atoms with Crippen molar-refractivity contribution in [2.24, 2.45) is 0 Å². The van der Waals surface area contributed by atoms with E-state index in [2.05, 4.69) is 15.9 Å². The zero-order valence-electron chi connectivity index (χ0n) is 14.6. The number of aromatic carboxylic acids is 1. The van der Waals surface area contributed by atoms with Gasteiger partial charge in [0.1, 0.15) is 0 Å². The molecule has 0 amide bonds. The summed E-state index contributed by atoms with van der Waals surface area (Å²) in [6.07, 6.45) is 0. The number of nitrogens with one attached hydrogen (secondary N) is 1. The van der Waals surface area contributed by atoms with E-state index in [1.165, 1.54) is 11.8 Å². The SMILES string of the molecule is N=C(c1cc(Br)c(C(=O)O)c(SCc2ccccc2)c1)c1ccc(Cl)cc1N. The number of nitrogens with two attached hydrogens (primary N) is 1. The third-order valence-corrected chi connectivity index (χ3v) is 6.05. The first kappa shape index (κ1) is 20.5. The Kier molecular flexibility index (Phi) is 6.44. The highest BCUT2D eigenvalue weighted by atomic mass is 79.9. The molecule has 0 aromatic heterocycles. The number of carbonyl (C=O) groups is 1. The van der Waals surface area contributed by atoms with Crippen molar-refractivity contribution >= 4 is 56.7 Å². The van der Waals surface area contributed by atoms with E-state index < -0.39 is 5.97 Å². The highest BCUT2D eigenvalue weighted by molar-refractivity contribution is 9.10. The summed E-state index contributed by atoms with van der Waals surface area (Å²) in [5, 5.41) is 18.7. The number of carboxylic acid groups (broad SMARTS) is 1. The van der Waals surface area contributed by atoms with Gasteiger partial charge in [0.25, 0.3) is 0 Å². The molecule has 4 N–H and O–H groups in total. The minimum absolute atomic E-state index is 0.182. The standard InChI is InChI=1S/C21H16BrClN2O2S/c22-16-8-13(20(25)15-7-6-14(23)10-17(15)24)9-18(19(16)21(26)27)28-11-12-4-2-1-3-5-12/h1-10,25H,11,24H2,(H,26,27). The van der Waals surface area contributed by atoms with Crippen molar-refractivity contribution < 1.29 is 9.90 Å². The summed E-state index contributed by atoms with van der Waals surface area (Å²) in [4.78, 5) is 12.3. The fraction of sp³-hybridized carbons (Fsp3) is 0.0476. The molecule has 0 bridgehead atoms. The van der Waals surface area contributed by atoms with Gasteiger partial charge >= 0.3 is 5.97 Å². The first-order chi connectivity index (χ1) is 13.4. The number of hydrogen-bond acceptors (Lipinski definition) is 4. The molecule has 0 heterocycles. The second-order valence-corrected chi connectivity index (χ2v) is 8.33. The Morgan fingerprint density at radius 2 is 1.86 bits per heavy atom. The third kappa shape index (κ3) is 4.58. The molecule has 0 aliphatic rings. The number of nitrogen functional groups attached to an aromatic ring is 1. The van der Waals surface area contributed by atoms with Gasteiger partial charge in [-0.1, -0.05) is 41.9 Å². The number of rotatable bonds is 6. The van der Waals surface area contributed by atoms with Crippen molar-refractivity contribution in [1.29, 1.82) is 5.41 Å². The Labute approximate surface area is 180 Å². The Hall–Kier alpha value is -2.28. The summed E-state index contributed by atoms with van der Waals surface area (Å²) >= 11 is 10.7. The summed E-state index contributed by atoms with van der Waals surface area (Å²) in [5.41, 5.74) is 8.99. The van der Waals surface area contributed by atoms with Crippen LogP contribution in [0.4, 0.5) is 5.69 Å². The minimum Gasteiger partial charge on any atom is -0.478 e. The Balaban J connectivity index is 1.99. The van der Waals surface area contributed by atoms with Gasteiger partial charge in [-0.15, -0.1) is 11.8 Å². The average molecular weight is 476 g/mol. The van der Waals surface area contributed by atoms with Crippen molar-refractivity contribution in [1.82, 2.24) is 0 Å². The molecule has 0 unspecified atom stereocenters. The van der Waals surface area contributed by atoms with Crippen LogP contribution >= 0.6 is 39.3 Å². The van der Waals surface area contributed by atoms with Crippen LogP contribution in [-0.2, 0) is 5.75 Å². The van der Waals surface area contributed by atoms with Crippen molar-refractivity contribution in [3.8, 4) is 0 Å². The lowest BCUT2D eigenvalue weighted by Crippen LogP contribution is -2.08. The summed E-state index contributed by atoms with van der Waals surface area (Å²) < 4.78 is 0.422. The van der Waals surface area contributed by atoms with Crippen molar-refractivity contribution in [2.75, 3.05) is 5.73 Å². The average Bonchev–Trinajstić information content (AvgIpc) is 2.66. The third-order valence-electron chi connectivity index (χ3n) is 4.08. The molecular formula is C21H16BrClN2O2S. The molecule has 28 heavy (non-hydrogen) atoms. The molecule has 0 fully saturated rings. The van der Waals surface area contributed by atoms with Gasteiger partial charge in [0.05, 0.1) is 11.3 Å². The molecule has 0 radical (unpaired) electrons. The predicted molar refractivity (Wildman–Crippen MR) is 119 cm³/mol. The minimum atomic E-state index is -1.02. The molecule has 4 nitrogen and oxygen atoms in total. The summed E-state index contributed by atoms with van der Waals surface area (Å²) in [6, 6.07) is 18.1. The van der Waals surface area contributed by atoms with Gasteiger partial charge in [-0.2, -0.15) is 0 Å². The van der Waals surface area contributed by atoms with Gasteiger partial charge in [-0.05, 0) is 51.8 Å². The van der Waals surface area contributed by atoms with E-state index in [1.54, 1.807) is 30.3 Å². The van der Waals surface area contributed by atoms with Gasteiger partial charge in [0.2, 0.25) is 0 Å². The lowest BCUT2D eigenvalue weighted by Gasteiger charge is -2.13. The van der Waals surface area contributed by atoms with Crippen LogP contribution in [0.3, 0.4) is 0 Å². The summed E-state index contributed by atoms with van der Waals surface area (Å²) in [5.74, 6) is -0.403. The van der Waals surface area contributed by atoms with Gasteiger partial charge in [0, 0.05) is 37.0 Å². The molecule has 3 rings (SSSR count). The normalized spacial score (nSPS) is 10.6. The van der Waals surface area contributed by atoms with E-state index in [0.717, 1.165) is 5.56 Å². The largest absolute Gasteiger partial charge is 0.478 e. The number of anilines is 1. The molecule has 0 aliphatic carbocycles. The first-order valence-corrected chi connectivity index (χ1v) is 10.4. The van der Waals surface area contributed by atoms with Crippen LogP contribution in [0.2, 0.25) is 5.02 Å². The maximum absolute atomic E-state index is 11.8. The van der Waals surface area contributed by atoms with Crippen molar-refractivity contribution in [2.45, 2.75) is 10.6 Å². The molecule has 0 saturated heterocycles. The molecular weight excluding hydrogens is 460 g/mol. The smallest absolute Gasteiger partial charge is 0.337 e. The van der Waals surface area contributed by atoms with E-state index in [-0.39, 0.29) is 11.3 Å². The number of thioether (sulfide) groups is 1. The first-order valence-electron chi connectivity index (χ1n) is 8.24. The van der Waals surface area contributed by atoms with Gasteiger partial charge in [0.15, 0.2) is 0 Å². The Morgan fingerprint density at radius 3 is 2.50 bits per heavy atom. The van der Waals surface area contributed by atoms with Crippen LogP contribution in [0, 0.1) is 5.41 Å². The fourth-order valence-corrected chi connectivity index (χ4v) is 4.71. The van der Waals surface area contributed by atoms with Crippen LogP contribution < -0.4 is 5.73 Å². The topological polar surface area (TPSA) is 87.2 Å². The van der Waals surface area contributed by atoms with Crippen LogP contribution in [0.25, 0.3) is 0 Å². The highest BCUT2D eigenvalue weighted by Crippen LogP contribution is 2.34. The van der Waals surface area contributed by atoms with E-state index in [4.69, 9.17) is 22.7 Å². The molecule has 0 aliphatic heterocycles. The Bertz CT molecular complexity index is 1060. The lowest BCUT2D eigenvalue weighted by atomic mass is 10.00. The van der Waals surface area contributed by atoms with Crippen LogP contribution in [-0.4, -0.2) is 16.8 Å². The quantitative estimate of drug-likeness (QED) is 0.229. The van der Waals surface area contributed by atoms with Gasteiger partial charge in [-0.25, -0.2) is 4.79 Å². The number of benzene rings is 3. The molecule has 3 aromatic rings. The molecule has 7 heteroatoms. The number of hydrogen-bond donors (Lipinski definition) is 3. The highest BCUT2D eigenvalue weighted by Gasteiger charge is 2.19. The Morgan fingerprint density at radius 1 is 1.14 bits per heavy atom. The summed E-state index contributed by atoms with van der Waals surface area (Å²) in [6.45, 7) is 0. The zero-order chi connectivity index (χ0) is 20.3. The van der Waals surface area contributed by atoms with Gasteiger partial charge < -0.3 is 10.8 Å². The van der Waals surface area contributed by atoms with Crippen LogP contribution in [0.1, 0.15) is 27.0 Å². The van der Waals surface area contributed by atoms with E-state index in [1.807, 2.05) is 30.3 Å². The number of halogens is 2. The molecule has 0 saturated carbocycles. The zero-order valence-corrected chi connectivity index (χ0v) is 17.7. The predicted octanol–water partition coefficient (Wildman–Crippen LogP) is 6.09. The van der Waals surface area contributed by atoms with Crippen molar-refractivity contribution in [3.63, 3.8) is 0 Å². The second kappa shape index (κ2) is 8.82. The maximum Gasteiger partial charge on any atom is 0.337 e. The monoisotopic (exact) mass is 474 g/mol. The molecule has 142 valence electrons. The maximum atomic E-state index is 11.8. The van der Waals surface area contributed by atoms with E-state index in [9.17, 15) is 9.90 Å². The molecule has 0 atom stereocenters. The van der Waals surface area contributed by atoms with Crippen LogP contribution in [0.15, 0.2) is 70.0 Å². The molecule has 3 aromatic carbocycles. The van der Waals surface area contributed by atoms with Gasteiger partial charge in [-0.3, -0.25) is 5.41 Å². The van der Waals surface area contributed by atoms with E-state index in [0.29, 0.717) is 37.0 Å². The fourth-order valence-electron chi connectivity index (χ4n) is 2.70. The summed E-state index contributed by atoms with van der Waals surface area (Å²) in [7, 11) is 0. The molecule has 0 spiro atoms. The lowest BCUT2D eigenvalue weighted by molar-refractivity contribution is 0.0692.